The zero-order chi connectivity index (χ0) is 13.9. The zero-order valence-corrected chi connectivity index (χ0v) is 11.9. The first kappa shape index (κ1) is 13.1. The molecule has 0 saturated heterocycles. The molecule has 0 heterocycles. The lowest BCUT2D eigenvalue weighted by Crippen LogP contribution is -2.03. The van der Waals surface area contributed by atoms with Gasteiger partial charge in [-0.2, -0.15) is 0 Å². The second kappa shape index (κ2) is 5.64. The molecule has 2 aromatic rings. The van der Waals surface area contributed by atoms with Crippen molar-refractivity contribution in [3.63, 3.8) is 0 Å². The normalized spacial score (nSPS) is 16.9. The van der Waals surface area contributed by atoms with Crippen LogP contribution in [-0.4, -0.2) is 5.78 Å². The third-order valence-corrected chi connectivity index (χ3v) is 3.87. The van der Waals surface area contributed by atoms with Crippen LogP contribution >= 0.6 is 11.6 Å². The summed E-state index contributed by atoms with van der Waals surface area (Å²) >= 11 is 6.00. The van der Waals surface area contributed by atoms with Gasteiger partial charge in [0.25, 0.3) is 0 Å². The van der Waals surface area contributed by atoms with E-state index in [0.717, 1.165) is 41.5 Å². The predicted octanol–water partition coefficient (Wildman–Crippen LogP) is 4.94. The summed E-state index contributed by atoms with van der Waals surface area (Å²) in [6, 6.07) is 15.5. The maximum absolute atomic E-state index is 12.6. The van der Waals surface area contributed by atoms with Crippen LogP contribution in [0.1, 0.15) is 34.3 Å². The van der Waals surface area contributed by atoms with Gasteiger partial charge >= 0.3 is 0 Å². The van der Waals surface area contributed by atoms with E-state index in [0.29, 0.717) is 5.02 Å². The SMILES string of the molecule is O=C1/C(=C\c2cccc(Cl)c2)CCCc2ccccc21. The average Bonchev–Trinajstić information content (AvgIpc) is 2.60. The molecule has 100 valence electrons. The number of halogens is 1. The highest BCUT2D eigenvalue weighted by Gasteiger charge is 2.19. The van der Waals surface area contributed by atoms with Crippen LogP contribution in [-0.2, 0) is 6.42 Å². The Morgan fingerprint density at radius 3 is 2.70 bits per heavy atom. The van der Waals surface area contributed by atoms with Crippen LogP contribution in [0.4, 0.5) is 0 Å². The van der Waals surface area contributed by atoms with Crippen LogP contribution in [0, 0.1) is 0 Å². The standard InChI is InChI=1S/C18H15ClO/c19-16-9-3-5-13(12-16)11-15-8-4-7-14-6-1-2-10-17(14)18(15)20/h1-3,5-6,9-12H,4,7-8H2/b15-11-. The summed E-state index contributed by atoms with van der Waals surface area (Å²) in [5.41, 5.74) is 3.86. The molecule has 2 heteroatoms. The smallest absolute Gasteiger partial charge is 0.189 e. The molecule has 0 fully saturated rings. The van der Waals surface area contributed by atoms with E-state index in [1.54, 1.807) is 0 Å². The quantitative estimate of drug-likeness (QED) is 0.535. The summed E-state index contributed by atoms with van der Waals surface area (Å²) in [6.07, 6.45) is 4.76. The van der Waals surface area contributed by atoms with Gasteiger partial charge in [0.05, 0.1) is 0 Å². The first-order valence-corrected chi connectivity index (χ1v) is 7.20. The van der Waals surface area contributed by atoms with Gasteiger partial charge in [0, 0.05) is 16.2 Å². The number of allylic oxidation sites excluding steroid dienone is 1. The Morgan fingerprint density at radius 2 is 1.85 bits per heavy atom. The summed E-state index contributed by atoms with van der Waals surface area (Å²) in [6.45, 7) is 0. The zero-order valence-electron chi connectivity index (χ0n) is 11.1. The Bertz CT molecular complexity index is 685. The number of ketones is 1. The Hall–Kier alpha value is -1.86. The van der Waals surface area contributed by atoms with Gasteiger partial charge in [-0.25, -0.2) is 0 Å². The monoisotopic (exact) mass is 282 g/mol. The summed E-state index contributed by atoms with van der Waals surface area (Å²) in [5, 5.41) is 0.695. The van der Waals surface area contributed by atoms with Gasteiger partial charge in [-0.3, -0.25) is 4.79 Å². The number of fused-ring (bicyclic) bond motifs is 1. The summed E-state index contributed by atoms with van der Waals surface area (Å²) in [5.74, 6) is 0.151. The minimum atomic E-state index is 0.151. The summed E-state index contributed by atoms with van der Waals surface area (Å²) in [4.78, 5) is 12.6. The third kappa shape index (κ3) is 2.68. The van der Waals surface area contributed by atoms with Gasteiger partial charge in [0.15, 0.2) is 5.78 Å². The van der Waals surface area contributed by atoms with Crippen LogP contribution in [0.3, 0.4) is 0 Å². The highest BCUT2D eigenvalue weighted by atomic mass is 35.5. The number of Topliss-reactive ketones (excluding diaryl/α,β-unsaturated/α-hetero) is 1. The van der Waals surface area contributed by atoms with Crippen LogP contribution in [0.2, 0.25) is 5.02 Å². The van der Waals surface area contributed by atoms with Crippen molar-refractivity contribution in [2.24, 2.45) is 0 Å². The van der Waals surface area contributed by atoms with Gasteiger partial charge in [-0.05, 0) is 48.6 Å². The highest BCUT2D eigenvalue weighted by Crippen LogP contribution is 2.26. The molecule has 0 amide bonds. The molecule has 0 saturated carbocycles. The van der Waals surface area contributed by atoms with Gasteiger partial charge in [0.1, 0.15) is 0 Å². The van der Waals surface area contributed by atoms with E-state index in [1.165, 1.54) is 0 Å². The molecule has 0 atom stereocenters. The van der Waals surface area contributed by atoms with E-state index < -0.39 is 0 Å². The maximum Gasteiger partial charge on any atom is 0.189 e. The summed E-state index contributed by atoms with van der Waals surface area (Å²) in [7, 11) is 0. The van der Waals surface area contributed by atoms with E-state index >= 15 is 0 Å². The number of hydrogen-bond donors (Lipinski definition) is 0. The molecule has 0 bridgehead atoms. The molecule has 0 aliphatic heterocycles. The topological polar surface area (TPSA) is 17.1 Å². The van der Waals surface area contributed by atoms with Crippen molar-refractivity contribution in [3.8, 4) is 0 Å². The van der Waals surface area contributed by atoms with Gasteiger partial charge in [0.2, 0.25) is 0 Å². The fourth-order valence-electron chi connectivity index (χ4n) is 2.65. The third-order valence-electron chi connectivity index (χ3n) is 3.64. The number of rotatable bonds is 1. The molecule has 20 heavy (non-hydrogen) atoms. The van der Waals surface area contributed by atoms with Crippen molar-refractivity contribution in [2.75, 3.05) is 0 Å². The van der Waals surface area contributed by atoms with E-state index in [2.05, 4.69) is 6.07 Å². The fraction of sp³-hybridized carbons (Fsp3) is 0.167. The maximum atomic E-state index is 12.6. The molecule has 1 aliphatic carbocycles. The molecule has 0 unspecified atom stereocenters. The molecule has 0 spiro atoms. The highest BCUT2D eigenvalue weighted by molar-refractivity contribution is 6.30. The molecular weight excluding hydrogens is 268 g/mol. The lowest BCUT2D eigenvalue weighted by atomic mass is 9.98. The first-order valence-electron chi connectivity index (χ1n) is 6.83. The summed E-state index contributed by atoms with van der Waals surface area (Å²) < 4.78 is 0. The number of carbonyl (C=O) groups excluding carboxylic acids is 1. The minimum absolute atomic E-state index is 0.151. The fourth-order valence-corrected chi connectivity index (χ4v) is 2.85. The molecule has 0 aromatic heterocycles. The van der Waals surface area contributed by atoms with Crippen LogP contribution in [0.5, 0.6) is 0 Å². The van der Waals surface area contributed by atoms with Crippen LogP contribution in [0.15, 0.2) is 54.1 Å². The average molecular weight is 283 g/mol. The Balaban J connectivity index is 2.01. The van der Waals surface area contributed by atoms with Crippen molar-refractivity contribution in [3.05, 3.63) is 75.8 Å². The lowest BCUT2D eigenvalue weighted by Gasteiger charge is -2.05. The second-order valence-corrected chi connectivity index (χ2v) is 5.50. The van der Waals surface area contributed by atoms with Crippen LogP contribution in [0.25, 0.3) is 6.08 Å². The molecule has 2 aromatic carbocycles. The Kier molecular flexibility index (Phi) is 3.70. The minimum Gasteiger partial charge on any atom is -0.289 e. The number of hydrogen-bond acceptors (Lipinski definition) is 1. The molecule has 3 rings (SSSR count). The Morgan fingerprint density at radius 1 is 1.00 bits per heavy atom. The largest absolute Gasteiger partial charge is 0.289 e. The second-order valence-electron chi connectivity index (χ2n) is 5.06. The van der Waals surface area contributed by atoms with Crippen molar-refractivity contribution in [1.82, 2.24) is 0 Å². The number of carbonyl (C=O) groups is 1. The lowest BCUT2D eigenvalue weighted by molar-refractivity contribution is 0.103. The predicted molar refractivity (Wildman–Crippen MR) is 83.1 cm³/mol. The Labute approximate surface area is 123 Å². The van der Waals surface area contributed by atoms with Crippen molar-refractivity contribution in [2.45, 2.75) is 19.3 Å². The van der Waals surface area contributed by atoms with Gasteiger partial charge in [-0.15, -0.1) is 0 Å². The van der Waals surface area contributed by atoms with E-state index in [-0.39, 0.29) is 5.78 Å². The molecule has 0 N–H and O–H groups in total. The molecule has 0 radical (unpaired) electrons. The molecular formula is C18H15ClO. The van der Waals surface area contributed by atoms with Gasteiger partial charge < -0.3 is 0 Å². The molecule has 1 nitrogen and oxygen atoms in total. The van der Waals surface area contributed by atoms with Crippen LogP contribution < -0.4 is 0 Å². The van der Waals surface area contributed by atoms with Crippen molar-refractivity contribution < 1.29 is 4.79 Å². The van der Waals surface area contributed by atoms with Crippen molar-refractivity contribution in [1.29, 1.82) is 0 Å². The number of aryl methyl sites for hydroxylation is 1. The molecule has 1 aliphatic rings. The van der Waals surface area contributed by atoms with E-state index in [1.807, 2.05) is 48.5 Å². The number of benzene rings is 2. The van der Waals surface area contributed by atoms with Crippen molar-refractivity contribution >= 4 is 23.5 Å². The van der Waals surface area contributed by atoms with E-state index in [4.69, 9.17) is 11.6 Å². The van der Waals surface area contributed by atoms with E-state index in [9.17, 15) is 4.79 Å². The van der Waals surface area contributed by atoms with Gasteiger partial charge in [-0.1, -0.05) is 48.0 Å². The first-order chi connectivity index (χ1) is 9.74.